The number of benzene rings is 2. The first-order chi connectivity index (χ1) is 11.5. The van der Waals surface area contributed by atoms with E-state index in [1.54, 1.807) is 0 Å². The average Bonchev–Trinajstić information content (AvgIpc) is 2.59. The highest BCUT2D eigenvalue weighted by atomic mass is 19.1. The molecule has 0 aliphatic carbocycles. The van der Waals surface area contributed by atoms with Crippen LogP contribution in [0.2, 0.25) is 0 Å². The number of aliphatic hydroxyl groups excluding tert-OH is 1. The lowest BCUT2D eigenvalue weighted by Crippen LogP contribution is -2.25. The molecule has 2 aromatic carbocycles. The summed E-state index contributed by atoms with van der Waals surface area (Å²) in [4.78, 5) is 0. The normalized spacial score (nSPS) is 15.8. The van der Waals surface area contributed by atoms with Crippen LogP contribution in [0.1, 0.15) is 30.2 Å². The number of hydrogen-bond donors (Lipinski definition) is 2. The van der Waals surface area contributed by atoms with Crippen LogP contribution in [0.15, 0.2) is 36.4 Å². The molecule has 2 N–H and O–H groups in total. The third kappa shape index (κ3) is 3.66. The molecule has 0 bridgehead atoms. The molecule has 0 radical (unpaired) electrons. The maximum atomic E-state index is 13.7. The van der Waals surface area contributed by atoms with Crippen molar-refractivity contribution >= 4 is 0 Å². The van der Waals surface area contributed by atoms with Crippen molar-refractivity contribution in [1.29, 1.82) is 0 Å². The van der Waals surface area contributed by atoms with Crippen molar-refractivity contribution in [1.82, 2.24) is 5.32 Å². The Morgan fingerprint density at radius 2 is 1.83 bits per heavy atom. The van der Waals surface area contributed by atoms with Gasteiger partial charge in [0.05, 0.1) is 6.10 Å². The van der Waals surface area contributed by atoms with Crippen LogP contribution >= 0.6 is 0 Å². The number of ether oxygens (including phenoxy) is 2. The summed E-state index contributed by atoms with van der Waals surface area (Å²) in [5.41, 5.74) is 1.03. The monoisotopic (exact) mass is 335 g/mol. The Hall–Kier alpha value is -2.18. The summed E-state index contributed by atoms with van der Waals surface area (Å²) in [6.45, 7) is 3.12. The highest BCUT2D eigenvalue weighted by Crippen LogP contribution is 2.32. The minimum Gasteiger partial charge on any atom is -0.486 e. The van der Waals surface area contributed by atoms with Crippen LogP contribution in [0.4, 0.5) is 8.78 Å². The number of rotatable bonds is 5. The standard InChI is InChI=1S/C18H19F2NO3/c1-11(12-2-5-17-18(8-12)24-7-6-23-17)21-10-16(22)14-4-3-13(19)9-15(14)20/h2-5,8-9,11,16,21-22H,6-7,10H2,1H3. The summed E-state index contributed by atoms with van der Waals surface area (Å²) in [6, 6.07) is 8.71. The number of fused-ring (bicyclic) bond motifs is 1. The second kappa shape index (κ2) is 7.15. The Morgan fingerprint density at radius 3 is 2.58 bits per heavy atom. The minimum atomic E-state index is -1.06. The first-order valence-electron chi connectivity index (χ1n) is 7.80. The number of hydrogen-bond acceptors (Lipinski definition) is 4. The van der Waals surface area contributed by atoms with E-state index < -0.39 is 17.7 Å². The SMILES string of the molecule is CC(NCC(O)c1ccc(F)cc1F)c1ccc2c(c1)OCCO2. The largest absolute Gasteiger partial charge is 0.486 e. The summed E-state index contributed by atoms with van der Waals surface area (Å²) < 4.78 is 37.6. The predicted molar refractivity (Wildman–Crippen MR) is 85.2 cm³/mol. The van der Waals surface area contributed by atoms with Gasteiger partial charge in [0.2, 0.25) is 0 Å². The van der Waals surface area contributed by atoms with Gasteiger partial charge in [-0.05, 0) is 30.7 Å². The number of halogens is 2. The minimum absolute atomic E-state index is 0.0678. The van der Waals surface area contributed by atoms with Crippen LogP contribution in [0.3, 0.4) is 0 Å². The van der Waals surface area contributed by atoms with E-state index in [9.17, 15) is 13.9 Å². The average molecular weight is 335 g/mol. The molecule has 1 heterocycles. The fraction of sp³-hybridized carbons (Fsp3) is 0.333. The predicted octanol–water partition coefficient (Wildman–Crippen LogP) is 3.12. The highest BCUT2D eigenvalue weighted by Gasteiger charge is 2.17. The lowest BCUT2D eigenvalue weighted by Gasteiger charge is -2.22. The molecule has 1 aliphatic rings. The molecule has 0 amide bonds. The number of nitrogens with one attached hydrogen (secondary N) is 1. The molecule has 4 nitrogen and oxygen atoms in total. The van der Waals surface area contributed by atoms with Crippen LogP contribution in [0.25, 0.3) is 0 Å². The summed E-state index contributed by atoms with van der Waals surface area (Å²) in [5, 5.41) is 13.2. The molecule has 0 spiro atoms. The fourth-order valence-corrected chi connectivity index (χ4v) is 2.62. The lowest BCUT2D eigenvalue weighted by molar-refractivity contribution is 0.165. The van der Waals surface area contributed by atoms with Crippen molar-refractivity contribution in [3.05, 3.63) is 59.2 Å². The first kappa shape index (κ1) is 16.7. The molecular weight excluding hydrogens is 316 g/mol. The third-order valence-electron chi connectivity index (χ3n) is 4.01. The second-order valence-corrected chi connectivity index (χ2v) is 5.71. The van der Waals surface area contributed by atoms with E-state index in [2.05, 4.69) is 5.32 Å². The summed E-state index contributed by atoms with van der Waals surface area (Å²) in [7, 11) is 0. The molecule has 2 atom stereocenters. The zero-order valence-corrected chi connectivity index (χ0v) is 13.3. The summed E-state index contributed by atoms with van der Waals surface area (Å²) in [6.07, 6.45) is -1.06. The van der Waals surface area contributed by atoms with Crippen LogP contribution in [-0.2, 0) is 0 Å². The molecule has 3 rings (SSSR count). The molecule has 1 aliphatic heterocycles. The topological polar surface area (TPSA) is 50.7 Å². The van der Waals surface area contributed by atoms with Crippen molar-refractivity contribution < 1.29 is 23.4 Å². The lowest BCUT2D eigenvalue weighted by atomic mass is 10.1. The van der Waals surface area contributed by atoms with Gasteiger partial charge in [0.25, 0.3) is 0 Å². The van der Waals surface area contributed by atoms with Crippen molar-refractivity contribution in [2.45, 2.75) is 19.1 Å². The fourth-order valence-electron chi connectivity index (χ4n) is 2.62. The van der Waals surface area contributed by atoms with Gasteiger partial charge in [-0.25, -0.2) is 8.78 Å². The molecule has 0 aromatic heterocycles. The van der Waals surface area contributed by atoms with E-state index in [1.807, 2.05) is 25.1 Å². The van der Waals surface area contributed by atoms with E-state index in [4.69, 9.17) is 9.47 Å². The summed E-state index contributed by atoms with van der Waals surface area (Å²) >= 11 is 0. The van der Waals surface area contributed by atoms with Crippen molar-refractivity contribution in [2.75, 3.05) is 19.8 Å². The quantitative estimate of drug-likeness (QED) is 0.881. The van der Waals surface area contributed by atoms with Gasteiger partial charge in [-0.3, -0.25) is 0 Å². The van der Waals surface area contributed by atoms with E-state index in [1.165, 1.54) is 6.07 Å². The molecule has 2 aromatic rings. The zero-order chi connectivity index (χ0) is 17.1. The summed E-state index contributed by atoms with van der Waals surface area (Å²) in [5.74, 6) is -0.0134. The van der Waals surface area contributed by atoms with Gasteiger partial charge in [0.1, 0.15) is 24.8 Å². The molecule has 0 saturated carbocycles. The van der Waals surface area contributed by atoms with Crippen molar-refractivity contribution in [3.8, 4) is 11.5 Å². The van der Waals surface area contributed by atoms with Gasteiger partial charge >= 0.3 is 0 Å². The van der Waals surface area contributed by atoms with Gasteiger partial charge in [-0.1, -0.05) is 12.1 Å². The van der Waals surface area contributed by atoms with E-state index >= 15 is 0 Å². The molecule has 128 valence electrons. The van der Waals surface area contributed by atoms with Gasteiger partial charge in [0, 0.05) is 24.2 Å². The maximum Gasteiger partial charge on any atom is 0.161 e. The van der Waals surface area contributed by atoms with E-state index in [0.29, 0.717) is 24.7 Å². The van der Waals surface area contributed by atoms with Crippen LogP contribution in [0.5, 0.6) is 11.5 Å². The number of aliphatic hydroxyl groups is 1. The molecular formula is C18H19F2NO3. The van der Waals surface area contributed by atoms with Crippen LogP contribution in [0, 0.1) is 11.6 Å². The van der Waals surface area contributed by atoms with Gasteiger partial charge < -0.3 is 19.9 Å². The van der Waals surface area contributed by atoms with Gasteiger partial charge in [-0.2, -0.15) is 0 Å². The third-order valence-corrected chi connectivity index (χ3v) is 4.01. The van der Waals surface area contributed by atoms with E-state index in [-0.39, 0.29) is 18.2 Å². The Labute approximate surface area is 139 Å². The Balaban J connectivity index is 1.63. The Bertz CT molecular complexity index is 723. The Morgan fingerprint density at radius 1 is 1.08 bits per heavy atom. The van der Waals surface area contributed by atoms with Crippen molar-refractivity contribution in [3.63, 3.8) is 0 Å². The molecule has 24 heavy (non-hydrogen) atoms. The first-order valence-corrected chi connectivity index (χ1v) is 7.80. The van der Waals surface area contributed by atoms with Crippen LogP contribution < -0.4 is 14.8 Å². The van der Waals surface area contributed by atoms with Crippen LogP contribution in [-0.4, -0.2) is 24.9 Å². The van der Waals surface area contributed by atoms with Crippen molar-refractivity contribution in [2.24, 2.45) is 0 Å². The molecule has 0 fully saturated rings. The smallest absolute Gasteiger partial charge is 0.161 e. The molecule has 0 saturated heterocycles. The Kier molecular flexibility index (Phi) is 4.97. The van der Waals surface area contributed by atoms with E-state index in [0.717, 1.165) is 17.7 Å². The molecule has 2 unspecified atom stereocenters. The maximum absolute atomic E-state index is 13.7. The second-order valence-electron chi connectivity index (χ2n) is 5.71. The molecule has 6 heteroatoms. The van der Waals surface area contributed by atoms with Gasteiger partial charge in [0.15, 0.2) is 11.5 Å². The van der Waals surface area contributed by atoms with Gasteiger partial charge in [-0.15, -0.1) is 0 Å². The highest BCUT2D eigenvalue weighted by molar-refractivity contribution is 5.44. The zero-order valence-electron chi connectivity index (χ0n) is 13.3.